The molecule has 0 unspecified atom stereocenters. The lowest BCUT2D eigenvalue weighted by Crippen LogP contribution is -2.23. The highest BCUT2D eigenvalue weighted by atomic mass is 32.2. The average Bonchev–Trinajstić information content (AvgIpc) is 3.08. The fourth-order valence-electron chi connectivity index (χ4n) is 2.75. The number of anilines is 1. The smallest absolute Gasteiger partial charge is 0.237 e. The molecular weight excluding hydrogens is 388 g/mol. The van der Waals surface area contributed by atoms with Gasteiger partial charge in [-0.05, 0) is 50.2 Å². The maximum absolute atomic E-state index is 12.6. The number of hydrogen-bond acceptors (Lipinski definition) is 6. The molecule has 0 spiro atoms. The maximum atomic E-state index is 12.6. The Balaban J connectivity index is 1.72. The summed E-state index contributed by atoms with van der Waals surface area (Å²) in [5.74, 6) is 1.16. The molecule has 1 atom stereocenters. The van der Waals surface area contributed by atoms with Crippen LogP contribution in [0.5, 0.6) is 5.75 Å². The van der Waals surface area contributed by atoms with E-state index in [1.807, 2.05) is 35.9 Å². The molecular formula is C21H22N4O3S. The first kappa shape index (κ1) is 20.6. The molecule has 3 rings (SSSR count). The number of amides is 1. The Hall–Kier alpha value is -3.13. The third kappa shape index (κ3) is 4.65. The number of para-hydroxylation sites is 1. The number of nitrogens with one attached hydrogen (secondary N) is 1. The number of aromatic nitrogens is 3. The van der Waals surface area contributed by atoms with Crippen molar-refractivity contribution in [2.24, 2.45) is 7.05 Å². The van der Waals surface area contributed by atoms with Crippen LogP contribution in [-0.2, 0) is 11.8 Å². The largest absolute Gasteiger partial charge is 0.497 e. The Kier molecular flexibility index (Phi) is 6.33. The normalized spacial score (nSPS) is 11.7. The number of carbonyl (C=O) groups is 2. The van der Waals surface area contributed by atoms with Crippen molar-refractivity contribution in [1.82, 2.24) is 14.8 Å². The van der Waals surface area contributed by atoms with Crippen LogP contribution in [0.25, 0.3) is 11.4 Å². The van der Waals surface area contributed by atoms with E-state index in [1.165, 1.54) is 18.7 Å². The lowest BCUT2D eigenvalue weighted by atomic mass is 10.1. The van der Waals surface area contributed by atoms with E-state index >= 15 is 0 Å². The summed E-state index contributed by atoms with van der Waals surface area (Å²) in [5, 5.41) is 11.5. The van der Waals surface area contributed by atoms with Crippen molar-refractivity contribution >= 4 is 29.1 Å². The summed E-state index contributed by atoms with van der Waals surface area (Å²) in [6.07, 6.45) is 0. The Morgan fingerprint density at radius 1 is 1.10 bits per heavy atom. The second-order valence-corrected chi connectivity index (χ2v) is 7.75. The molecule has 0 aliphatic carbocycles. The number of carbonyl (C=O) groups excluding carboxylic acids is 2. The summed E-state index contributed by atoms with van der Waals surface area (Å²) < 4.78 is 7.03. The molecule has 150 valence electrons. The first-order chi connectivity index (χ1) is 13.9. The fraction of sp³-hybridized carbons (Fsp3) is 0.238. The van der Waals surface area contributed by atoms with Gasteiger partial charge in [0.05, 0.1) is 18.0 Å². The number of ketones is 1. The number of hydrogen-bond donors (Lipinski definition) is 1. The van der Waals surface area contributed by atoms with Crippen molar-refractivity contribution in [2.75, 3.05) is 12.4 Å². The molecule has 0 saturated carbocycles. The van der Waals surface area contributed by atoms with Gasteiger partial charge < -0.3 is 14.6 Å². The fourth-order valence-corrected chi connectivity index (χ4v) is 3.57. The number of nitrogens with zero attached hydrogens (tertiary/aromatic N) is 3. The monoisotopic (exact) mass is 410 g/mol. The van der Waals surface area contributed by atoms with Gasteiger partial charge in [-0.3, -0.25) is 9.59 Å². The third-order valence-corrected chi connectivity index (χ3v) is 5.53. The Labute approximate surface area is 173 Å². The van der Waals surface area contributed by atoms with Crippen LogP contribution in [0.1, 0.15) is 24.2 Å². The summed E-state index contributed by atoms with van der Waals surface area (Å²) in [5.41, 5.74) is 1.90. The predicted octanol–water partition coefficient (Wildman–Crippen LogP) is 3.81. The number of ether oxygens (including phenoxy) is 1. The summed E-state index contributed by atoms with van der Waals surface area (Å²) >= 11 is 1.30. The molecule has 29 heavy (non-hydrogen) atoms. The molecule has 1 aromatic heterocycles. The van der Waals surface area contributed by atoms with Gasteiger partial charge in [0.25, 0.3) is 0 Å². The standard InChI is InChI=1S/C21H22N4O3S/c1-13(26)17-7-5-6-8-18(17)22-20(27)14(2)29-21-24-23-19(25(21)3)15-9-11-16(28-4)12-10-15/h5-12,14H,1-4H3,(H,22,27)/t14-/m0/s1. The molecule has 0 radical (unpaired) electrons. The van der Waals surface area contributed by atoms with Crippen LogP contribution < -0.4 is 10.1 Å². The highest BCUT2D eigenvalue weighted by Crippen LogP contribution is 2.27. The van der Waals surface area contributed by atoms with E-state index < -0.39 is 5.25 Å². The second-order valence-electron chi connectivity index (χ2n) is 6.44. The zero-order chi connectivity index (χ0) is 21.0. The SMILES string of the molecule is COc1ccc(-c2nnc(S[C@@H](C)C(=O)Nc3ccccc3C(C)=O)n2C)cc1. The number of rotatable bonds is 7. The van der Waals surface area contributed by atoms with Crippen molar-refractivity contribution in [1.29, 1.82) is 0 Å². The van der Waals surface area contributed by atoms with Gasteiger partial charge in [0.15, 0.2) is 16.8 Å². The Bertz CT molecular complexity index is 1030. The average molecular weight is 410 g/mol. The van der Waals surface area contributed by atoms with Crippen molar-refractivity contribution in [3.8, 4) is 17.1 Å². The van der Waals surface area contributed by atoms with Crippen LogP contribution in [0.2, 0.25) is 0 Å². The third-order valence-electron chi connectivity index (χ3n) is 4.40. The molecule has 0 saturated heterocycles. The summed E-state index contributed by atoms with van der Waals surface area (Å²) in [6.45, 7) is 3.27. The minimum atomic E-state index is -0.429. The number of Topliss-reactive ketones (excluding diaryl/α,β-unsaturated/α-hetero) is 1. The molecule has 2 aromatic carbocycles. The Morgan fingerprint density at radius 3 is 2.45 bits per heavy atom. The van der Waals surface area contributed by atoms with Crippen LogP contribution in [-0.4, -0.2) is 38.8 Å². The van der Waals surface area contributed by atoms with Crippen molar-refractivity contribution in [3.05, 3.63) is 54.1 Å². The summed E-state index contributed by atoms with van der Waals surface area (Å²) in [4.78, 5) is 24.4. The lowest BCUT2D eigenvalue weighted by molar-refractivity contribution is -0.115. The molecule has 8 heteroatoms. The van der Waals surface area contributed by atoms with E-state index in [1.54, 1.807) is 38.3 Å². The van der Waals surface area contributed by atoms with E-state index in [0.29, 0.717) is 22.2 Å². The molecule has 7 nitrogen and oxygen atoms in total. The molecule has 0 bridgehead atoms. The number of thioether (sulfide) groups is 1. The molecule has 1 heterocycles. The molecule has 0 aliphatic heterocycles. The number of methoxy groups -OCH3 is 1. The van der Waals surface area contributed by atoms with E-state index in [4.69, 9.17) is 4.74 Å². The first-order valence-electron chi connectivity index (χ1n) is 9.02. The highest BCUT2D eigenvalue weighted by Gasteiger charge is 2.20. The zero-order valence-corrected chi connectivity index (χ0v) is 17.5. The molecule has 0 aliphatic rings. The van der Waals surface area contributed by atoms with E-state index in [-0.39, 0.29) is 11.7 Å². The second kappa shape index (κ2) is 8.91. The molecule has 1 amide bonds. The topological polar surface area (TPSA) is 86.1 Å². The van der Waals surface area contributed by atoms with Gasteiger partial charge in [0, 0.05) is 18.2 Å². The van der Waals surface area contributed by atoms with Crippen LogP contribution in [0, 0.1) is 0 Å². The van der Waals surface area contributed by atoms with Gasteiger partial charge in [-0.2, -0.15) is 0 Å². The minimum absolute atomic E-state index is 0.0985. The molecule has 1 N–H and O–H groups in total. The van der Waals surface area contributed by atoms with Crippen molar-refractivity contribution in [3.63, 3.8) is 0 Å². The maximum Gasteiger partial charge on any atom is 0.237 e. The molecule has 0 fully saturated rings. The predicted molar refractivity (Wildman–Crippen MR) is 113 cm³/mol. The van der Waals surface area contributed by atoms with Gasteiger partial charge >= 0.3 is 0 Å². The first-order valence-corrected chi connectivity index (χ1v) is 9.90. The summed E-state index contributed by atoms with van der Waals surface area (Å²) in [6, 6.07) is 14.5. The quantitative estimate of drug-likeness (QED) is 0.471. The van der Waals surface area contributed by atoms with E-state index in [9.17, 15) is 9.59 Å². The van der Waals surface area contributed by atoms with E-state index in [0.717, 1.165) is 11.3 Å². The van der Waals surface area contributed by atoms with Crippen LogP contribution >= 0.6 is 11.8 Å². The lowest BCUT2D eigenvalue weighted by Gasteiger charge is -2.13. The zero-order valence-electron chi connectivity index (χ0n) is 16.7. The van der Waals surface area contributed by atoms with Crippen LogP contribution in [0.4, 0.5) is 5.69 Å². The van der Waals surface area contributed by atoms with Crippen LogP contribution in [0.3, 0.4) is 0 Å². The van der Waals surface area contributed by atoms with Gasteiger partial charge in [0.1, 0.15) is 5.75 Å². The van der Waals surface area contributed by atoms with E-state index in [2.05, 4.69) is 15.5 Å². The minimum Gasteiger partial charge on any atom is -0.497 e. The van der Waals surface area contributed by atoms with Crippen molar-refractivity contribution in [2.45, 2.75) is 24.3 Å². The van der Waals surface area contributed by atoms with Crippen LogP contribution in [0.15, 0.2) is 53.7 Å². The summed E-state index contributed by atoms with van der Waals surface area (Å²) in [7, 11) is 3.48. The van der Waals surface area contributed by atoms with Gasteiger partial charge in [0.2, 0.25) is 5.91 Å². The number of benzene rings is 2. The van der Waals surface area contributed by atoms with Gasteiger partial charge in [-0.1, -0.05) is 23.9 Å². The van der Waals surface area contributed by atoms with Gasteiger partial charge in [-0.25, -0.2) is 0 Å². The van der Waals surface area contributed by atoms with Gasteiger partial charge in [-0.15, -0.1) is 10.2 Å². The Morgan fingerprint density at radius 2 is 1.79 bits per heavy atom. The highest BCUT2D eigenvalue weighted by molar-refractivity contribution is 8.00. The van der Waals surface area contributed by atoms with Crippen molar-refractivity contribution < 1.29 is 14.3 Å². The molecule has 3 aromatic rings.